The fourth-order valence-corrected chi connectivity index (χ4v) is 3.41. The zero-order valence-electron chi connectivity index (χ0n) is 17.2. The Morgan fingerprint density at radius 1 is 1.19 bits per heavy atom. The predicted molar refractivity (Wildman–Crippen MR) is 111 cm³/mol. The molecule has 2 amide bonds. The highest BCUT2D eigenvalue weighted by atomic mass is 19.4. The lowest BCUT2D eigenvalue weighted by atomic mass is 10.1. The second-order valence-corrected chi connectivity index (χ2v) is 7.31. The Bertz CT molecular complexity index is 1030. The van der Waals surface area contributed by atoms with E-state index >= 15 is 0 Å². The Hall–Kier alpha value is -3.18. The number of alkyl halides is 3. The van der Waals surface area contributed by atoms with Gasteiger partial charge >= 0.3 is 6.18 Å². The van der Waals surface area contributed by atoms with Gasteiger partial charge in [-0.05, 0) is 30.7 Å². The van der Waals surface area contributed by atoms with Gasteiger partial charge in [-0.2, -0.15) is 13.2 Å². The maximum absolute atomic E-state index is 13.2. The maximum atomic E-state index is 13.2. The minimum absolute atomic E-state index is 0.00400. The number of H-pyrrole nitrogens is 1. The van der Waals surface area contributed by atoms with Gasteiger partial charge in [0.05, 0.1) is 24.3 Å². The van der Waals surface area contributed by atoms with Gasteiger partial charge in [0.2, 0.25) is 5.91 Å². The zero-order chi connectivity index (χ0) is 23.3. The van der Waals surface area contributed by atoms with Crippen molar-refractivity contribution in [2.45, 2.75) is 12.6 Å². The molecule has 32 heavy (non-hydrogen) atoms. The molecule has 1 aliphatic heterocycles. The monoisotopic (exact) mass is 452 g/mol. The van der Waals surface area contributed by atoms with Crippen molar-refractivity contribution in [1.29, 1.82) is 0 Å². The van der Waals surface area contributed by atoms with Gasteiger partial charge in [-0.1, -0.05) is 6.07 Å². The van der Waals surface area contributed by atoms with Crippen LogP contribution in [0.3, 0.4) is 0 Å². The van der Waals surface area contributed by atoms with E-state index in [0.717, 1.165) is 42.4 Å². The first kappa shape index (κ1) is 23.5. The number of hydrogen-bond acceptors (Lipinski definition) is 5. The first-order chi connectivity index (χ1) is 15.2. The molecule has 1 aromatic carbocycles. The number of benzene rings is 1. The molecule has 0 radical (unpaired) electrons. The number of aromatic amines is 1. The fraction of sp³-hybridized carbons (Fsp3) is 0.381. The van der Waals surface area contributed by atoms with Crippen molar-refractivity contribution in [3.63, 3.8) is 0 Å². The molecule has 2 heterocycles. The third kappa shape index (κ3) is 5.74. The summed E-state index contributed by atoms with van der Waals surface area (Å²) in [5.74, 6) is -1.68. The van der Waals surface area contributed by atoms with Gasteiger partial charge in [-0.25, -0.2) is 0 Å². The molecule has 0 bridgehead atoms. The number of hydrogen-bond donors (Lipinski definition) is 2. The van der Waals surface area contributed by atoms with E-state index in [1.54, 1.807) is 0 Å². The van der Waals surface area contributed by atoms with E-state index in [4.69, 9.17) is 10.5 Å². The summed E-state index contributed by atoms with van der Waals surface area (Å²) in [6, 6.07) is 5.38. The summed E-state index contributed by atoms with van der Waals surface area (Å²) in [4.78, 5) is 42.5. The lowest BCUT2D eigenvalue weighted by Crippen LogP contribution is -2.40. The summed E-state index contributed by atoms with van der Waals surface area (Å²) < 4.78 is 45.0. The van der Waals surface area contributed by atoms with Crippen LogP contribution in [-0.4, -0.2) is 61.1 Å². The molecule has 0 aliphatic carbocycles. The van der Waals surface area contributed by atoms with Crippen molar-refractivity contribution in [1.82, 2.24) is 9.88 Å². The highest BCUT2D eigenvalue weighted by Crippen LogP contribution is 2.32. The largest absolute Gasteiger partial charge is 0.416 e. The maximum Gasteiger partial charge on any atom is 0.416 e. The van der Waals surface area contributed by atoms with Crippen LogP contribution < -0.4 is 16.2 Å². The van der Waals surface area contributed by atoms with E-state index in [0.29, 0.717) is 26.2 Å². The van der Waals surface area contributed by atoms with E-state index < -0.39 is 29.1 Å². The molecular formula is C21H23F3N4O4. The number of anilines is 1. The Labute approximate surface area is 181 Å². The van der Waals surface area contributed by atoms with Gasteiger partial charge < -0.3 is 20.4 Å². The molecule has 0 unspecified atom stereocenters. The molecule has 172 valence electrons. The number of morpholine rings is 1. The predicted octanol–water partition coefficient (Wildman–Crippen LogP) is 1.86. The van der Waals surface area contributed by atoms with Crippen LogP contribution in [0.5, 0.6) is 0 Å². The molecule has 3 N–H and O–H groups in total. The molecule has 0 saturated carbocycles. The number of nitrogens with one attached hydrogen (secondary N) is 1. The van der Waals surface area contributed by atoms with Crippen molar-refractivity contribution in [3.05, 3.63) is 63.6 Å². The summed E-state index contributed by atoms with van der Waals surface area (Å²) in [6.45, 7) is 3.29. The molecule has 1 fully saturated rings. The van der Waals surface area contributed by atoms with Gasteiger partial charge in [0.15, 0.2) is 0 Å². The van der Waals surface area contributed by atoms with Crippen LogP contribution in [0.2, 0.25) is 0 Å². The number of carbonyl (C=O) groups is 2. The van der Waals surface area contributed by atoms with Crippen LogP contribution in [0.4, 0.5) is 18.9 Å². The second kappa shape index (κ2) is 9.96. The number of amides is 2. The molecule has 2 aromatic rings. The lowest BCUT2D eigenvalue weighted by molar-refractivity contribution is -0.137. The summed E-state index contributed by atoms with van der Waals surface area (Å²) in [5, 5.41) is 0. The third-order valence-corrected chi connectivity index (χ3v) is 5.11. The number of halogens is 3. The molecule has 8 nitrogen and oxygen atoms in total. The summed E-state index contributed by atoms with van der Waals surface area (Å²) in [7, 11) is 0. The first-order valence-corrected chi connectivity index (χ1v) is 9.98. The highest BCUT2D eigenvalue weighted by Gasteiger charge is 2.31. The van der Waals surface area contributed by atoms with Crippen molar-refractivity contribution < 1.29 is 27.5 Å². The average molecular weight is 452 g/mol. The van der Waals surface area contributed by atoms with Gasteiger partial charge in [0, 0.05) is 38.1 Å². The third-order valence-electron chi connectivity index (χ3n) is 5.11. The quantitative estimate of drug-likeness (QED) is 0.667. The molecule has 11 heteroatoms. The van der Waals surface area contributed by atoms with Gasteiger partial charge in [-0.15, -0.1) is 0 Å². The van der Waals surface area contributed by atoms with Crippen LogP contribution in [0, 0.1) is 0 Å². The zero-order valence-corrected chi connectivity index (χ0v) is 17.2. The highest BCUT2D eigenvalue weighted by molar-refractivity contribution is 6.07. The van der Waals surface area contributed by atoms with Crippen LogP contribution in [0.15, 0.2) is 41.3 Å². The number of pyridine rings is 1. The number of primary amides is 1. The topological polar surface area (TPSA) is 109 Å². The summed E-state index contributed by atoms with van der Waals surface area (Å²) in [5.41, 5.74) is 3.05. The van der Waals surface area contributed by atoms with E-state index in [1.807, 2.05) is 0 Å². The van der Waals surface area contributed by atoms with Crippen molar-refractivity contribution in [3.8, 4) is 0 Å². The summed E-state index contributed by atoms with van der Waals surface area (Å²) in [6.07, 6.45) is -3.06. The number of nitrogens with two attached hydrogens (primary N) is 1. The average Bonchev–Trinajstić information content (AvgIpc) is 2.76. The number of carbonyl (C=O) groups excluding carboxylic acids is 2. The fourth-order valence-electron chi connectivity index (χ4n) is 3.41. The lowest BCUT2D eigenvalue weighted by Gasteiger charge is -2.28. The molecular weight excluding hydrogens is 429 g/mol. The van der Waals surface area contributed by atoms with Crippen molar-refractivity contribution >= 4 is 17.5 Å². The van der Waals surface area contributed by atoms with Crippen LogP contribution >= 0.6 is 0 Å². The first-order valence-electron chi connectivity index (χ1n) is 9.98. The van der Waals surface area contributed by atoms with Crippen LogP contribution in [0.1, 0.15) is 32.7 Å². The van der Waals surface area contributed by atoms with E-state index in [1.165, 1.54) is 12.1 Å². The number of nitrogens with zero attached hydrogens (tertiary/aromatic N) is 2. The molecule has 1 aromatic heterocycles. The van der Waals surface area contributed by atoms with Gasteiger partial charge in [0.1, 0.15) is 5.56 Å². The van der Waals surface area contributed by atoms with Gasteiger partial charge in [-0.3, -0.25) is 19.3 Å². The smallest absolute Gasteiger partial charge is 0.379 e. The van der Waals surface area contributed by atoms with Crippen LogP contribution in [-0.2, 0) is 10.9 Å². The van der Waals surface area contributed by atoms with Gasteiger partial charge in [0.25, 0.3) is 11.5 Å². The number of ether oxygens (including phenoxy) is 1. The van der Waals surface area contributed by atoms with Crippen molar-refractivity contribution in [2.75, 3.05) is 44.3 Å². The normalized spacial score (nSPS) is 14.8. The van der Waals surface area contributed by atoms with E-state index in [2.05, 4.69) is 9.88 Å². The molecule has 0 atom stereocenters. The minimum Gasteiger partial charge on any atom is -0.379 e. The van der Waals surface area contributed by atoms with E-state index in [-0.39, 0.29) is 23.4 Å². The molecule has 1 saturated heterocycles. The molecule has 1 aliphatic rings. The number of aromatic nitrogens is 1. The summed E-state index contributed by atoms with van der Waals surface area (Å²) >= 11 is 0. The Morgan fingerprint density at radius 2 is 1.91 bits per heavy atom. The Balaban J connectivity index is 1.91. The Morgan fingerprint density at radius 3 is 2.56 bits per heavy atom. The standard InChI is InChI=1S/C21H23F3N4O4/c22-21(23,24)15-3-1-4-16(12-15)28(6-2-5-27-7-9-32-10-8-27)20(31)17-11-14(18(25)29)13-26-19(17)30/h1,3-4,11-13H,2,5-10H2,(H2,25,29)(H,26,30). The van der Waals surface area contributed by atoms with E-state index in [9.17, 15) is 27.6 Å². The van der Waals surface area contributed by atoms with Crippen molar-refractivity contribution in [2.24, 2.45) is 5.73 Å². The second-order valence-electron chi connectivity index (χ2n) is 7.31. The Kier molecular flexibility index (Phi) is 7.31. The SMILES string of the molecule is NC(=O)c1c[nH]c(=O)c(C(=O)N(CCCN2CCOCC2)c2cccc(C(F)(F)F)c2)c1. The molecule has 3 rings (SSSR count). The number of rotatable bonds is 7. The van der Waals surface area contributed by atoms with Crippen LogP contribution in [0.25, 0.3) is 0 Å². The molecule has 0 spiro atoms. The minimum atomic E-state index is -4.60.